The minimum atomic E-state index is -0.656. The van der Waals surface area contributed by atoms with Gasteiger partial charge in [-0.2, -0.15) is 5.26 Å². The summed E-state index contributed by atoms with van der Waals surface area (Å²) in [5.74, 6) is -0.254. The van der Waals surface area contributed by atoms with Crippen molar-refractivity contribution in [3.05, 3.63) is 38.9 Å². The summed E-state index contributed by atoms with van der Waals surface area (Å²) in [6, 6.07) is 4.38. The van der Waals surface area contributed by atoms with Gasteiger partial charge < -0.3 is 0 Å². The van der Waals surface area contributed by atoms with Crippen LogP contribution < -0.4 is 0 Å². The van der Waals surface area contributed by atoms with Crippen LogP contribution in [0, 0.1) is 28.4 Å². The molecule has 0 aliphatic carbocycles. The van der Waals surface area contributed by atoms with Crippen molar-refractivity contribution in [2.45, 2.75) is 6.92 Å². The Morgan fingerprint density at radius 3 is 2.69 bits per heavy atom. The Morgan fingerprint density at radius 2 is 2.25 bits per heavy atom. The first-order valence-electron chi connectivity index (χ1n) is 4.29. The van der Waals surface area contributed by atoms with Crippen LogP contribution in [0.5, 0.6) is 0 Å². The molecule has 0 N–H and O–H groups in total. The van der Waals surface area contributed by atoms with Crippen LogP contribution in [0.4, 0.5) is 5.69 Å². The topological polar surface area (TPSA) is 84.0 Å². The predicted molar refractivity (Wildman–Crippen MR) is 60.7 cm³/mol. The zero-order valence-corrected chi connectivity index (χ0v) is 9.94. The lowest BCUT2D eigenvalue weighted by Crippen LogP contribution is -2.04. The van der Waals surface area contributed by atoms with Crippen molar-refractivity contribution in [1.29, 1.82) is 5.26 Å². The van der Waals surface area contributed by atoms with E-state index in [-0.39, 0.29) is 27.9 Å². The third-order valence-electron chi connectivity index (χ3n) is 2.07. The third-order valence-corrected chi connectivity index (χ3v) is 2.58. The molecule has 1 rings (SSSR count). The molecule has 16 heavy (non-hydrogen) atoms. The zero-order valence-electron chi connectivity index (χ0n) is 8.36. The number of carbonyl (C=O) groups excluding carboxylic acids is 1. The van der Waals surface area contributed by atoms with Gasteiger partial charge in [0.15, 0.2) is 5.78 Å². The number of benzene rings is 1. The largest absolute Gasteiger partial charge is 0.293 e. The molecule has 0 aliphatic rings. The SMILES string of the molecule is Cc1cc(C(=O)CBr)cc([N+](=O)[O-])c1C#N. The van der Waals surface area contributed by atoms with Gasteiger partial charge in [0.05, 0.1) is 10.3 Å². The maximum absolute atomic E-state index is 11.4. The molecule has 1 aromatic rings. The summed E-state index contributed by atoms with van der Waals surface area (Å²) in [5.41, 5.74) is 0.337. The molecule has 0 aliphatic heterocycles. The van der Waals surface area contributed by atoms with Crippen LogP contribution in [0.15, 0.2) is 12.1 Å². The van der Waals surface area contributed by atoms with Gasteiger partial charge in [-0.15, -0.1) is 0 Å². The van der Waals surface area contributed by atoms with Crippen LogP contribution in [0.3, 0.4) is 0 Å². The number of carbonyl (C=O) groups is 1. The smallest absolute Gasteiger partial charge is 0.288 e. The van der Waals surface area contributed by atoms with Gasteiger partial charge in [0.1, 0.15) is 11.6 Å². The van der Waals surface area contributed by atoms with E-state index in [0.717, 1.165) is 6.07 Å². The molecule has 5 nitrogen and oxygen atoms in total. The summed E-state index contributed by atoms with van der Waals surface area (Å²) in [6.45, 7) is 1.57. The number of ketones is 1. The van der Waals surface area contributed by atoms with E-state index in [9.17, 15) is 14.9 Å². The number of halogens is 1. The van der Waals surface area contributed by atoms with Crippen molar-refractivity contribution in [1.82, 2.24) is 0 Å². The molecule has 1 aromatic carbocycles. The first-order valence-corrected chi connectivity index (χ1v) is 5.41. The van der Waals surface area contributed by atoms with Crippen LogP contribution in [-0.4, -0.2) is 16.0 Å². The lowest BCUT2D eigenvalue weighted by atomic mass is 10.0. The number of aryl methyl sites for hydroxylation is 1. The highest BCUT2D eigenvalue weighted by Gasteiger charge is 2.19. The summed E-state index contributed by atoms with van der Waals surface area (Å²) in [6.07, 6.45) is 0. The van der Waals surface area contributed by atoms with Gasteiger partial charge in [0.2, 0.25) is 0 Å². The van der Waals surface area contributed by atoms with Gasteiger partial charge in [-0.1, -0.05) is 15.9 Å². The number of rotatable bonds is 3. The van der Waals surface area contributed by atoms with E-state index in [1.807, 2.05) is 0 Å². The second-order valence-corrected chi connectivity index (χ2v) is 3.67. The fourth-order valence-electron chi connectivity index (χ4n) is 1.30. The van der Waals surface area contributed by atoms with Crippen molar-refractivity contribution in [2.75, 3.05) is 5.33 Å². The van der Waals surface area contributed by atoms with E-state index in [0.29, 0.717) is 5.56 Å². The van der Waals surface area contributed by atoms with Crippen molar-refractivity contribution in [3.63, 3.8) is 0 Å². The van der Waals surface area contributed by atoms with Gasteiger partial charge >= 0.3 is 0 Å². The molecular weight excluding hydrogens is 276 g/mol. The lowest BCUT2D eigenvalue weighted by molar-refractivity contribution is -0.385. The molecule has 0 atom stereocenters. The number of hydrogen-bond acceptors (Lipinski definition) is 4. The second-order valence-electron chi connectivity index (χ2n) is 3.11. The minimum Gasteiger partial charge on any atom is -0.293 e. The molecule has 6 heteroatoms. The average Bonchev–Trinajstić information content (AvgIpc) is 2.26. The number of hydrogen-bond donors (Lipinski definition) is 0. The lowest BCUT2D eigenvalue weighted by Gasteiger charge is -2.02. The van der Waals surface area contributed by atoms with Crippen molar-refractivity contribution in [2.24, 2.45) is 0 Å². The highest BCUT2D eigenvalue weighted by Crippen LogP contribution is 2.24. The summed E-state index contributed by atoms with van der Waals surface area (Å²) in [4.78, 5) is 21.5. The number of nitro groups is 1. The Bertz CT molecular complexity index is 506. The normalized spacial score (nSPS) is 9.56. The predicted octanol–water partition coefficient (Wildman–Crippen LogP) is 2.35. The Morgan fingerprint density at radius 1 is 1.62 bits per heavy atom. The Hall–Kier alpha value is -1.74. The summed E-state index contributed by atoms with van der Waals surface area (Å²) >= 11 is 2.99. The standard InChI is InChI=1S/C10H7BrN2O3/c1-6-2-7(10(14)4-11)3-9(13(15)16)8(6)5-12/h2-3H,4H2,1H3. The molecule has 0 saturated heterocycles. The molecular formula is C10H7BrN2O3. The van der Waals surface area contributed by atoms with Crippen LogP contribution in [-0.2, 0) is 0 Å². The number of Topliss-reactive ketones (excluding diaryl/α,β-unsaturated/α-hetero) is 1. The van der Waals surface area contributed by atoms with Crippen LogP contribution in [0.1, 0.15) is 21.5 Å². The van der Waals surface area contributed by atoms with E-state index in [2.05, 4.69) is 15.9 Å². The molecule has 0 radical (unpaired) electrons. The first-order chi connectivity index (χ1) is 7.51. The monoisotopic (exact) mass is 282 g/mol. The Labute approximate surface area is 100.0 Å². The first kappa shape index (κ1) is 12.3. The van der Waals surface area contributed by atoms with Crippen LogP contribution in [0.25, 0.3) is 0 Å². The Kier molecular flexibility index (Phi) is 3.74. The van der Waals surface area contributed by atoms with Gasteiger partial charge in [-0.05, 0) is 18.6 Å². The zero-order chi connectivity index (χ0) is 12.3. The molecule has 0 spiro atoms. The van der Waals surface area contributed by atoms with E-state index in [1.165, 1.54) is 6.07 Å². The highest BCUT2D eigenvalue weighted by molar-refractivity contribution is 9.09. The number of nitro benzene ring substituents is 1. The van der Waals surface area contributed by atoms with Crippen LogP contribution >= 0.6 is 15.9 Å². The molecule has 82 valence electrons. The Balaban J connectivity index is 3.47. The molecule has 0 aromatic heterocycles. The van der Waals surface area contributed by atoms with E-state index in [4.69, 9.17) is 5.26 Å². The quantitative estimate of drug-likeness (QED) is 0.369. The van der Waals surface area contributed by atoms with Gasteiger partial charge in [0.25, 0.3) is 5.69 Å². The summed E-state index contributed by atoms with van der Waals surface area (Å²) in [7, 11) is 0. The maximum Gasteiger partial charge on any atom is 0.288 e. The second kappa shape index (κ2) is 4.86. The number of alkyl halides is 1. The molecule has 0 heterocycles. The minimum absolute atomic E-state index is 0.00359. The third kappa shape index (κ3) is 2.25. The highest BCUT2D eigenvalue weighted by atomic mass is 79.9. The average molecular weight is 283 g/mol. The van der Waals surface area contributed by atoms with Crippen LogP contribution in [0.2, 0.25) is 0 Å². The van der Waals surface area contributed by atoms with E-state index >= 15 is 0 Å². The van der Waals surface area contributed by atoms with Crippen molar-refractivity contribution in [3.8, 4) is 6.07 Å². The fourth-order valence-corrected chi connectivity index (χ4v) is 1.62. The molecule has 0 saturated carbocycles. The van der Waals surface area contributed by atoms with Gasteiger partial charge in [-0.3, -0.25) is 14.9 Å². The summed E-state index contributed by atoms with van der Waals surface area (Å²) < 4.78 is 0. The molecule has 0 amide bonds. The van der Waals surface area contributed by atoms with Crippen molar-refractivity contribution >= 4 is 27.4 Å². The van der Waals surface area contributed by atoms with Gasteiger partial charge in [-0.25, -0.2) is 0 Å². The van der Waals surface area contributed by atoms with Crippen molar-refractivity contribution < 1.29 is 9.72 Å². The summed E-state index contributed by atoms with van der Waals surface area (Å²) in [5, 5.41) is 19.6. The molecule has 0 fully saturated rings. The fraction of sp³-hybridized carbons (Fsp3) is 0.200. The van der Waals surface area contributed by atoms with E-state index in [1.54, 1.807) is 13.0 Å². The van der Waals surface area contributed by atoms with E-state index < -0.39 is 4.92 Å². The maximum atomic E-state index is 11.4. The van der Waals surface area contributed by atoms with Gasteiger partial charge in [0, 0.05) is 11.6 Å². The number of nitrogens with zero attached hydrogens (tertiary/aromatic N) is 2. The molecule has 0 bridgehead atoms. The number of nitriles is 1. The molecule has 0 unspecified atom stereocenters.